The van der Waals surface area contributed by atoms with E-state index in [1.807, 2.05) is 78.9 Å². The first-order chi connectivity index (χ1) is 32.6. The van der Waals surface area contributed by atoms with E-state index in [-0.39, 0.29) is 0 Å². The lowest BCUT2D eigenvalue weighted by atomic mass is 10.1. The van der Waals surface area contributed by atoms with Gasteiger partial charge in [0.15, 0.2) is 11.6 Å². The van der Waals surface area contributed by atoms with E-state index in [0.29, 0.717) is 13.2 Å². The van der Waals surface area contributed by atoms with Gasteiger partial charge in [0, 0.05) is 23.6 Å². The van der Waals surface area contributed by atoms with Gasteiger partial charge in [0.2, 0.25) is 0 Å². The van der Waals surface area contributed by atoms with Crippen LogP contribution in [0, 0.1) is 0 Å². The van der Waals surface area contributed by atoms with Gasteiger partial charge in [-0.15, -0.1) is 20.4 Å². The zero-order chi connectivity index (χ0) is 44.6. The topological polar surface area (TPSA) is 153 Å². The average Bonchev–Trinajstić information content (AvgIpc) is 4.12. The SMILES string of the molecule is C(=Cc1cccc(CCc2nn[nH]n2)c1)c1ccc(OCc2ccc3ccccc3n2)cc1.C(=Cc1cccc(OCc2ccc3ccccc3n2)c1)c1cccc(CCc2nn[nH]n2)c1. The van der Waals surface area contributed by atoms with E-state index in [1.54, 1.807) is 0 Å². The number of pyridine rings is 2. The summed E-state index contributed by atoms with van der Waals surface area (Å²) in [5.74, 6) is 3.10. The number of aromatic nitrogens is 10. The maximum Gasteiger partial charge on any atom is 0.174 e. The van der Waals surface area contributed by atoms with Crippen molar-refractivity contribution in [3.8, 4) is 11.5 Å². The number of rotatable bonds is 16. The third-order valence-electron chi connectivity index (χ3n) is 10.7. The highest BCUT2D eigenvalue weighted by Crippen LogP contribution is 2.21. The number of tetrazole rings is 2. The fourth-order valence-electron chi connectivity index (χ4n) is 7.25. The first-order valence-corrected chi connectivity index (χ1v) is 21.8. The fraction of sp³-hybridized carbons (Fsp3) is 0.111. The highest BCUT2D eigenvalue weighted by Gasteiger charge is 2.05. The molecule has 10 rings (SSSR count). The zero-order valence-corrected chi connectivity index (χ0v) is 36.1. The molecule has 0 aliphatic heterocycles. The Labute approximate surface area is 382 Å². The minimum absolute atomic E-state index is 0.431. The Hall–Kier alpha value is -8.64. The highest BCUT2D eigenvalue weighted by molar-refractivity contribution is 5.79. The number of nitrogens with one attached hydrogen (secondary N) is 2. The van der Waals surface area contributed by atoms with E-state index in [4.69, 9.17) is 9.47 Å². The van der Waals surface area contributed by atoms with Crippen LogP contribution in [0.1, 0.15) is 56.4 Å². The predicted octanol–water partition coefficient (Wildman–Crippen LogP) is 10.6. The Morgan fingerprint density at radius 1 is 0.394 bits per heavy atom. The third kappa shape index (κ3) is 12.3. The molecule has 4 aromatic heterocycles. The van der Waals surface area contributed by atoms with E-state index < -0.39 is 0 Å². The van der Waals surface area contributed by atoms with Crippen molar-refractivity contribution < 1.29 is 9.47 Å². The largest absolute Gasteiger partial charge is 0.487 e. The van der Waals surface area contributed by atoms with Gasteiger partial charge in [0.05, 0.1) is 22.4 Å². The quantitative estimate of drug-likeness (QED) is 0.0897. The van der Waals surface area contributed by atoms with Crippen molar-refractivity contribution in [2.24, 2.45) is 0 Å². The molecule has 0 bridgehead atoms. The Kier molecular flexibility index (Phi) is 14.0. The van der Waals surface area contributed by atoms with Crippen molar-refractivity contribution in [1.29, 1.82) is 0 Å². The number of benzene rings is 6. The van der Waals surface area contributed by atoms with Crippen LogP contribution in [-0.4, -0.2) is 51.2 Å². The maximum atomic E-state index is 6.00. The molecule has 0 aliphatic rings. The van der Waals surface area contributed by atoms with Crippen LogP contribution in [0.2, 0.25) is 0 Å². The number of fused-ring (bicyclic) bond motifs is 2. The van der Waals surface area contributed by atoms with Crippen LogP contribution in [0.25, 0.3) is 46.1 Å². The minimum atomic E-state index is 0.431. The van der Waals surface area contributed by atoms with E-state index in [2.05, 4.69) is 167 Å². The second kappa shape index (κ2) is 21.6. The minimum Gasteiger partial charge on any atom is -0.487 e. The molecule has 10 aromatic rings. The fourth-order valence-corrected chi connectivity index (χ4v) is 7.25. The van der Waals surface area contributed by atoms with E-state index in [9.17, 15) is 0 Å². The van der Waals surface area contributed by atoms with E-state index in [0.717, 1.165) is 104 Å². The van der Waals surface area contributed by atoms with Gasteiger partial charge in [-0.25, -0.2) is 9.97 Å². The predicted molar refractivity (Wildman–Crippen MR) is 259 cm³/mol. The average molecular weight is 867 g/mol. The van der Waals surface area contributed by atoms with Crippen LogP contribution >= 0.6 is 0 Å². The molecule has 4 heterocycles. The number of hydrogen-bond donors (Lipinski definition) is 2. The van der Waals surface area contributed by atoms with Crippen molar-refractivity contribution in [1.82, 2.24) is 51.2 Å². The number of aryl methyl sites for hydroxylation is 4. The molecule has 0 saturated heterocycles. The first kappa shape index (κ1) is 42.7. The molecule has 0 unspecified atom stereocenters. The summed E-state index contributed by atoms with van der Waals surface area (Å²) < 4.78 is 11.9. The number of para-hydroxylation sites is 2. The van der Waals surface area contributed by atoms with Gasteiger partial charge >= 0.3 is 0 Å². The van der Waals surface area contributed by atoms with Gasteiger partial charge in [0.1, 0.15) is 24.7 Å². The van der Waals surface area contributed by atoms with Crippen LogP contribution in [-0.2, 0) is 38.9 Å². The van der Waals surface area contributed by atoms with Crippen LogP contribution in [0.4, 0.5) is 0 Å². The summed E-state index contributed by atoms with van der Waals surface area (Å²) in [6.07, 6.45) is 11.7. The standard InChI is InChI=1S/2C27H23N5O/c1-2-10-26-23(8-1)14-15-24(28-26)19-33-25-9-4-7-22(18-25)12-11-20-5-3-6-21(17-20)13-16-27-29-31-32-30-27;1-2-7-26-23(6-1)13-14-24(28-26)19-33-25-15-10-20(11-16-25)8-9-21-4-3-5-22(18-21)12-17-27-29-31-32-30-27/h1-12,14-15,17-18H,13,16,19H2,(H,29,30,31,32);1-11,13-16,18H,12,17,19H2,(H,29,30,31,32). The number of hydrogen-bond acceptors (Lipinski definition) is 10. The van der Waals surface area contributed by atoms with Crippen LogP contribution in [0.3, 0.4) is 0 Å². The molecule has 0 aliphatic carbocycles. The number of ether oxygens (including phenoxy) is 2. The van der Waals surface area contributed by atoms with Crippen molar-refractivity contribution in [2.75, 3.05) is 0 Å². The van der Waals surface area contributed by atoms with Gasteiger partial charge in [-0.3, -0.25) is 0 Å². The lowest BCUT2D eigenvalue weighted by Gasteiger charge is -2.07. The molecular weight excluding hydrogens is 821 g/mol. The molecule has 12 heteroatoms. The third-order valence-corrected chi connectivity index (χ3v) is 10.7. The molecule has 0 saturated carbocycles. The molecular formula is C54H46N10O2. The van der Waals surface area contributed by atoms with E-state index in [1.165, 1.54) is 11.1 Å². The Balaban J connectivity index is 0.000000166. The smallest absolute Gasteiger partial charge is 0.174 e. The van der Waals surface area contributed by atoms with Crippen LogP contribution in [0.5, 0.6) is 11.5 Å². The molecule has 0 atom stereocenters. The molecule has 66 heavy (non-hydrogen) atoms. The van der Waals surface area contributed by atoms with Crippen molar-refractivity contribution in [3.63, 3.8) is 0 Å². The van der Waals surface area contributed by atoms with Crippen molar-refractivity contribution >= 4 is 46.1 Å². The molecule has 6 aromatic carbocycles. The van der Waals surface area contributed by atoms with Gasteiger partial charge in [-0.1, -0.05) is 156 Å². The van der Waals surface area contributed by atoms with Gasteiger partial charge in [-0.05, 0) is 94.8 Å². The van der Waals surface area contributed by atoms with Crippen molar-refractivity contribution in [2.45, 2.75) is 38.9 Å². The van der Waals surface area contributed by atoms with Crippen LogP contribution < -0.4 is 9.47 Å². The monoisotopic (exact) mass is 866 g/mol. The molecule has 0 radical (unpaired) electrons. The summed E-state index contributed by atoms with van der Waals surface area (Å²) in [4.78, 5) is 9.33. The highest BCUT2D eigenvalue weighted by atomic mass is 16.5. The summed E-state index contributed by atoms with van der Waals surface area (Å²) in [6, 6.07) is 57.5. The summed E-state index contributed by atoms with van der Waals surface area (Å²) in [5.41, 5.74) is 10.8. The molecule has 0 fully saturated rings. The molecule has 324 valence electrons. The van der Waals surface area contributed by atoms with E-state index >= 15 is 0 Å². The molecule has 12 nitrogen and oxygen atoms in total. The number of nitrogens with zero attached hydrogens (tertiary/aromatic N) is 8. The Morgan fingerprint density at radius 2 is 0.879 bits per heavy atom. The molecule has 0 amide bonds. The summed E-state index contributed by atoms with van der Waals surface area (Å²) >= 11 is 0. The second-order valence-corrected chi connectivity index (χ2v) is 15.5. The normalized spacial score (nSPS) is 11.3. The van der Waals surface area contributed by atoms with Crippen molar-refractivity contribution in [3.05, 3.63) is 226 Å². The zero-order valence-electron chi connectivity index (χ0n) is 36.1. The Morgan fingerprint density at radius 3 is 1.41 bits per heavy atom. The molecule has 2 N–H and O–H groups in total. The van der Waals surface area contributed by atoms with Crippen LogP contribution in [0.15, 0.2) is 170 Å². The lowest BCUT2D eigenvalue weighted by Crippen LogP contribution is -1.98. The van der Waals surface area contributed by atoms with Gasteiger partial charge in [-0.2, -0.15) is 10.4 Å². The lowest BCUT2D eigenvalue weighted by molar-refractivity contribution is 0.301. The second-order valence-electron chi connectivity index (χ2n) is 15.5. The van der Waals surface area contributed by atoms with Gasteiger partial charge in [0.25, 0.3) is 0 Å². The molecule has 0 spiro atoms. The number of H-pyrrole nitrogens is 2. The maximum absolute atomic E-state index is 6.00. The van der Waals surface area contributed by atoms with Gasteiger partial charge < -0.3 is 9.47 Å². The summed E-state index contributed by atoms with van der Waals surface area (Å²) in [6.45, 7) is 0.872. The Bertz CT molecular complexity index is 3170. The summed E-state index contributed by atoms with van der Waals surface area (Å²) in [5, 5.41) is 30.5. The number of aromatic amines is 2. The summed E-state index contributed by atoms with van der Waals surface area (Å²) in [7, 11) is 0. The first-order valence-electron chi connectivity index (χ1n) is 21.8.